The molecule has 4 rings (SSSR count). The fourth-order valence-corrected chi connectivity index (χ4v) is 3.07. The molecular formula is C20H19N5O. The Morgan fingerprint density at radius 3 is 2.62 bits per heavy atom. The quantitative estimate of drug-likeness (QED) is 0.786. The van der Waals surface area contributed by atoms with E-state index >= 15 is 0 Å². The molecule has 0 unspecified atom stereocenters. The number of fused-ring (bicyclic) bond motifs is 1. The first-order valence-corrected chi connectivity index (χ1v) is 8.60. The summed E-state index contributed by atoms with van der Waals surface area (Å²) in [5.74, 6) is 0.565. The molecule has 0 aliphatic carbocycles. The Balaban J connectivity index is 1.40. The molecular weight excluding hydrogens is 326 g/mol. The number of anilines is 1. The van der Waals surface area contributed by atoms with Crippen LogP contribution < -0.4 is 10.2 Å². The molecule has 1 N–H and O–H groups in total. The third kappa shape index (κ3) is 3.54. The van der Waals surface area contributed by atoms with Crippen molar-refractivity contribution in [2.24, 2.45) is 0 Å². The van der Waals surface area contributed by atoms with Crippen LogP contribution in [-0.2, 0) is 19.5 Å². The fraction of sp³-hybridized carbons (Fsp3) is 0.200. The molecule has 1 aliphatic rings. The van der Waals surface area contributed by atoms with E-state index in [4.69, 9.17) is 0 Å². The molecule has 1 aromatic carbocycles. The molecule has 3 aromatic rings. The van der Waals surface area contributed by atoms with Gasteiger partial charge in [-0.1, -0.05) is 24.3 Å². The van der Waals surface area contributed by atoms with E-state index in [-0.39, 0.29) is 5.91 Å². The maximum atomic E-state index is 12.2. The van der Waals surface area contributed by atoms with Gasteiger partial charge in [0.2, 0.25) is 0 Å². The number of nitrogens with zero attached hydrogens (tertiary/aromatic N) is 4. The van der Waals surface area contributed by atoms with Crippen molar-refractivity contribution in [3.8, 4) is 0 Å². The predicted molar refractivity (Wildman–Crippen MR) is 98.6 cm³/mol. The van der Waals surface area contributed by atoms with E-state index in [2.05, 4.69) is 49.4 Å². The Kier molecular flexibility index (Phi) is 4.55. The van der Waals surface area contributed by atoms with Crippen LogP contribution in [-0.4, -0.2) is 27.4 Å². The zero-order chi connectivity index (χ0) is 17.8. The summed E-state index contributed by atoms with van der Waals surface area (Å²) in [6.07, 6.45) is 7.61. The van der Waals surface area contributed by atoms with Crippen LogP contribution in [0.1, 0.15) is 27.2 Å². The van der Waals surface area contributed by atoms with Crippen molar-refractivity contribution in [2.45, 2.75) is 19.5 Å². The van der Waals surface area contributed by atoms with Gasteiger partial charge in [0, 0.05) is 32.0 Å². The van der Waals surface area contributed by atoms with Gasteiger partial charge in [-0.3, -0.25) is 9.78 Å². The second-order valence-electron chi connectivity index (χ2n) is 6.24. The molecule has 6 heteroatoms. The molecule has 26 heavy (non-hydrogen) atoms. The SMILES string of the molecule is O=C(NCc1ccncc1)c1cnc(N2CCc3ccccc3C2)cn1. The number of hydrogen-bond acceptors (Lipinski definition) is 5. The second-order valence-corrected chi connectivity index (χ2v) is 6.24. The van der Waals surface area contributed by atoms with E-state index in [0.717, 1.165) is 30.9 Å². The van der Waals surface area contributed by atoms with Gasteiger partial charge in [-0.05, 0) is 35.2 Å². The van der Waals surface area contributed by atoms with Crippen LogP contribution in [0.5, 0.6) is 0 Å². The molecule has 0 saturated heterocycles. The molecule has 1 amide bonds. The zero-order valence-corrected chi connectivity index (χ0v) is 14.3. The highest BCUT2D eigenvalue weighted by Gasteiger charge is 2.18. The average Bonchev–Trinajstić information content (AvgIpc) is 2.72. The Hall–Kier alpha value is -3.28. The maximum absolute atomic E-state index is 12.2. The number of nitrogens with one attached hydrogen (secondary N) is 1. The van der Waals surface area contributed by atoms with Crippen molar-refractivity contribution in [1.29, 1.82) is 0 Å². The van der Waals surface area contributed by atoms with Gasteiger partial charge in [0.15, 0.2) is 0 Å². The topological polar surface area (TPSA) is 71.0 Å². The van der Waals surface area contributed by atoms with E-state index in [1.54, 1.807) is 18.6 Å². The molecule has 0 fully saturated rings. The van der Waals surface area contributed by atoms with E-state index in [0.29, 0.717) is 12.2 Å². The van der Waals surface area contributed by atoms with Gasteiger partial charge in [-0.15, -0.1) is 0 Å². The highest BCUT2D eigenvalue weighted by Crippen LogP contribution is 2.22. The minimum absolute atomic E-state index is 0.232. The lowest BCUT2D eigenvalue weighted by Gasteiger charge is -2.29. The van der Waals surface area contributed by atoms with Crippen molar-refractivity contribution in [1.82, 2.24) is 20.3 Å². The standard InChI is InChI=1S/C20H19N5O/c26-20(24-11-15-5-8-21-9-6-15)18-12-23-19(13-22-18)25-10-7-16-3-1-2-4-17(16)14-25/h1-6,8-9,12-13H,7,10-11,14H2,(H,24,26). The number of rotatable bonds is 4. The summed E-state index contributed by atoms with van der Waals surface area (Å²) in [4.78, 5) is 27.1. The predicted octanol–water partition coefficient (Wildman–Crippen LogP) is 2.36. The smallest absolute Gasteiger partial charge is 0.271 e. The first-order valence-electron chi connectivity index (χ1n) is 8.60. The first-order chi connectivity index (χ1) is 12.8. The van der Waals surface area contributed by atoms with Crippen molar-refractivity contribution in [3.63, 3.8) is 0 Å². The van der Waals surface area contributed by atoms with Gasteiger partial charge in [-0.25, -0.2) is 9.97 Å². The highest BCUT2D eigenvalue weighted by molar-refractivity contribution is 5.91. The normalized spacial score (nSPS) is 13.2. The lowest BCUT2D eigenvalue weighted by atomic mass is 10.0. The van der Waals surface area contributed by atoms with Gasteiger partial charge in [-0.2, -0.15) is 0 Å². The lowest BCUT2D eigenvalue weighted by molar-refractivity contribution is 0.0945. The van der Waals surface area contributed by atoms with Gasteiger partial charge in [0.1, 0.15) is 11.5 Å². The van der Waals surface area contributed by atoms with Crippen molar-refractivity contribution < 1.29 is 4.79 Å². The fourth-order valence-electron chi connectivity index (χ4n) is 3.07. The third-order valence-electron chi connectivity index (χ3n) is 4.53. The van der Waals surface area contributed by atoms with E-state index in [9.17, 15) is 4.79 Å². The molecule has 0 radical (unpaired) electrons. The maximum Gasteiger partial charge on any atom is 0.271 e. The molecule has 0 atom stereocenters. The minimum Gasteiger partial charge on any atom is -0.351 e. The van der Waals surface area contributed by atoms with Crippen LogP contribution in [0.3, 0.4) is 0 Å². The van der Waals surface area contributed by atoms with Gasteiger partial charge >= 0.3 is 0 Å². The minimum atomic E-state index is -0.232. The largest absolute Gasteiger partial charge is 0.351 e. The number of benzene rings is 1. The van der Waals surface area contributed by atoms with E-state index in [1.165, 1.54) is 17.3 Å². The van der Waals surface area contributed by atoms with Crippen LogP contribution in [0.15, 0.2) is 61.2 Å². The summed E-state index contributed by atoms with van der Waals surface area (Å²) in [7, 11) is 0. The first kappa shape index (κ1) is 16.2. The number of carbonyl (C=O) groups is 1. The molecule has 6 nitrogen and oxygen atoms in total. The van der Waals surface area contributed by atoms with Crippen molar-refractivity contribution in [3.05, 3.63) is 83.6 Å². The molecule has 0 saturated carbocycles. The Morgan fingerprint density at radius 2 is 1.85 bits per heavy atom. The Bertz CT molecular complexity index is 896. The molecule has 0 spiro atoms. The van der Waals surface area contributed by atoms with Crippen LogP contribution in [0, 0.1) is 0 Å². The number of amides is 1. The van der Waals surface area contributed by atoms with Crippen LogP contribution in [0.25, 0.3) is 0 Å². The molecule has 2 aromatic heterocycles. The van der Waals surface area contributed by atoms with Crippen LogP contribution in [0.4, 0.5) is 5.82 Å². The highest BCUT2D eigenvalue weighted by atomic mass is 16.1. The summed E-state index contributed by atoms with van der Waals surface area (Å²) in [5, 5.41) is 2.84. The monoisotopic (exact) mass is 345 g/mol. The Labute approximate surface area is 151 Å². The molecule has 0 bridgehead atoms. The van der Waals surface area contributed by atoms with Crippen molar-refractivity contribution in [2.75, 3.05) is 11.4 Å². The summed E-state index contributed by atoms with van der Waals surface area (Å²) in [6, 6.07) is 12.2. The number of pyridine rings is 1. The van der Waals surface area contributed by atoms with Gasteiger partial charge in [0.25, 0.3) is 5.91 Å². The summed E-state index contributed by atoms with van der Waals surface area (Å²) >= 11 is 0. The number of aromatic nitrogens is 3. The van der Waals surface area contributed by atoms with Gasteiger partial charge < -0.3 is 10.2 Å². The van der Waals surface area contributed by atoms with Crippen LogP contribution in [0.2, 0.25) is 0 Å². The third-order valence-corrected chi connectivity index (χ3v) is 4.53. The van der Waals surface area contributed by atoms with E-state index in [1.807, 2.05) is 12.1 Å². The second kappa shape index (κ2) is 7.31. The zero-order valence-electron chi connectivity index (χ0n) is 14.3. The lowest BCUT2D eigenvalue weighted by Crippen LogP contribution is -2.31. The number of hydrogen-bond donors (Lipinski definition) is 1. The van der Waals surface area contributed by atoms with Gasteiger partial charge in [0.05, 0.1) is 12.4 Å². The number of carbonyl (C=O) groups excluding carboxylic acids is 1. The average molecular weight is 345 g/mol. The van der Waals surface area contributed by atoms with Crippen LogP contribution >= 0.6 is 0 Å². The molecule has 1 aliphatic heterocycles. The molecule has 3 heterocycles. The summed E-state index contributed by atoms with van der Waals surface area (Å²) < 4.78 is 0. The molecule has 130 valence electrons. The summed E-state index contributed by atoms with van der Waals surface area (Å²) in [6.45, 7) is 2.16. The van der Waals surface area contributed by atoms with E-state index < -0.39 is 0 Å². The summed E-state index contributed by atoms with van der Waals surface area (Å²) in [5.41, 5.74) is 4.02. The van der Waals surface area contributed by atoms with Crippen molar-refractivity contribution >= 4 is 11.7 Å². The Morgan fingerprint density at radius 1 is 1.04 bits per heavy atom.